The number of carbonyl (C=O) groups is 1. The fourth-order valence-corrected chi connectivity index (χ4v) is 6.86. The maximum absolute atomic E-state index is 14.1. The Morgan fingerprint density at radius 3 is 2.62 bits per heavy atom. The van der Waals surface area contributed by atoms with Gasteiger partial charge in [-0.3, -0.25) is 9.69 Å². The van der Waals surface area contributed by atoms with E-state index < -0.39 is 29.7 Å². The fraction of sp³-hybridized carbons (Fsp3) is 0.455. The van der Waals surface area contributed by atoms with Crippen LogP contribution in [0.5, 0.6) is 6.01 Å². The molecular weight excluding hydrogens is 583 g/mol. The van der Waals surface area contributed by atoms with Gasteiger partial charge in [0.1, 0.15) is 12.4 Å². The molecule has 0 radical (unpaired) electrons. The van der Waals surface area contributed by atoms with Crippen LogP contribution in [0.15, 0.2) is 48.8 Å². The Balaban J connectivity index is 1.34. The second-order valence-corrected chi connectivity index (χ2v) is 12.2. The summed E-state index contributed by atoms with van der Waals surface area (Å²) in [5, 5.41) is 11.8. The summed E-state index contributed by atoms with van der Waals surface area (Å²) in [5.41, 5.74) is 3.97. The Hall–Kier alpha value is -4.37. The van der Waals surface area contributed by atoms with Crippen LogP contribution in [0.2, 0.25) is 0 Å². The first-order valence-corrected chi connectivity index (χ1v) is 15.2. The number of rotatable bonds is 7. The first-order chi connectivity index (χ1) is 21.5. The molecule has 2 saturated heterocycles. The lowest BCUT2D eigenvalue weighted by Crippen LogP contribution is -2.55. The molecule has 1 aromatic heterocycles. The van der Waals surface area contributed by atoms with E-state index in [2.05, 4.69) is 48.7 Å². The third-order valence-electron chi connectivity index (χ3n) is 9.10. The number of halogens is 3. The van der Waals surface area contributed by atoms with Gasteiger partial charge in [0, 0.05) is 55.3 Å². The second-order valence-electron chi connectivity index (χ2n) is 12.2. The minimum Gasteiger partial charge on any atom is -0.462 e. The van der Waals surface area contributed by atoms with E-state index in [-0.39, 0.29) is 45.1 Å². The van der Waals surface area contributed by atoms with Crippen molar-refractivity contribution in [1.82, 2.24) is 19.8 Å². The lowest BCUT2D eigenvalue weighted by Gasteiger charge is -2.42. The number of aryl methyl sites for hydroxylation is 1. The molecule has 3 aliphatic rings. The molecule has 1 amide bonds. The zero-order valence-electron chi connectivity index (χ0n) is 25.5. The Kier molecular flexibility index (Phi) is 8.31. The van der Waals surface area contributed by atoms with Crippen molar-refractivity contribution in [3.8, 4) is 12.1 Å². The van der Waals surface area contributed by atoms with Crippen LogP contribution in [0.4, 0.5) is 24.7 Å². The minimum absolute atomic E-state index is 0.00843. The predicted octanol–water partition coefficient (Wildman–Crippen LogP) is 4.63. The average Bonchev–Trinajstić information content (AvgIpc) is 3.29. The van der Waals surface area contributed by atoms with Gasteiger partial charge in [0.05, 0.1) is 37.3 Å². The zero-order valence-corrected chi connectivity index (χ0v) is 25.5. The molecule has 3 aromatic rings. The highest BCUT2D eigenvalue weighted by molar-refractivity contribution is 5.97. The molecule has 9 nitrogen and oxygen atoms in total. The first-order valence-electron chi connectivity index (χ1n) is 15.2. The minimum atomic E-state index is -2.78. The maximum atomic E-state index is 14.1. The monoisotopic (exact) mass is 619 g/mol. The van der Waals surface area contributed by atoms with Crippen LogP contribution < -0.4 is 14.5 Å². The van der Waals surface area contributed by atoms with Crippen molar-refractivity contribution in [1.29, 1.82) is 5.26 Å². The van der Waals surface area contributed by atoms with Crippen LogP contribution in [0.3, 0.4) is 0 Å². The highest BCUT2D eigenvalue weighted by atomic mass is 19.3. The molecule has 4 heterocycles. The van der Waals surface area contributed by atoms with Crippen LogP contribution in [0, 0.1) is 18.3 Å². The Morgan fingerprint density at radius 1 is 1.13 bits per heavy atom. The summed E-state index contributed by atoms with van der Waals surface area (Å²) in [4.78, 5) is 29.3. The van der Waals surface area contributed by atoms with Crippen molar-refractivity contribution in [2.24, 2.45) is 0 Å². The molecule has 0 N–H and O–H groups in total. The van der Waals surface area contributed by atoms with E-state index in [9.17, 15) is 23.2 Å². The second kappa shape index (κ2) is 12.2. The van der Waals surface area contributed by atoms with Gasteiger partial charge >= 0.3 is 6.01 Å². The quantitative estimate of drug-likeness (QED) is 0.354. The topological polar surface area (TPSA) is 88.8 Å². The van der Waals surface area contributed by atoms with Gasteiger partial charge in [-0.1, -0.05) is 36.9 Å². The number of alkyl halides is 2. The predicted molar refractivity (Wildman–Crippen MR) is 165 cm³/mol. The molecule has 2 fully saturated rings. The molecule has 12 heteroatoms. The van der Waals surface area contributed by atoms with Crippen molar-refractivity contribution >= 4 is 28.2 Å². The smallest absolute Gasteiger partial charge is 0.318 e. The molecule has 0 bridgehead atoms. The van der Waals surface area contributed by atoms with E-state index in [1.54, 1.807) is 11.9 Å². The number of nitrogens with zero attached hydrogens (tertiary/aromatic N) is 7. The summed E-state index contributed by atoms with van der Waals surface area (Å²) in [5.74, 6) is -4.03. The van der Waals surface area contributed by atoms with Gasteiger partial charge in [0.15, 0.2) is 5.83 Å². The molecule has 2 unspecified atom stereocenters. The van der Waals surface area contributed by atoms with E-state index in [1.807, 2.05) is 17.0 Å². The van der Waals surface area contributed by atoms with Crippen LogP contribution in [0.25, 0.3) is 10.8 Å². The number of anilines is 2. The lowest BCUT2D eigenvalue weighted by molar-refractivity contribution is -0.131. The Labute approximate surface area is 260 Å². The number of ether oxygens (including phenoxy) is 1. The van der Waals surface area contributed by atoms with E-state index in [0.717, 1.165) is 22.3 Å². The van der Waals surface area contributed by atoms with Crippen molar-refractivity contribution in [3.05, 3.63) is 65.6 Å². The first kappa shape index (κ1) is 30.6. The molecular formula is C33H36F3N7O2. The van der Waals surface area contributed by atoms with Crippen LogP contribution >= 0.6 is 0 Å². The Morgan fingerprint density at radius 2 is 1.91 bits per heavy atom. The number of carbonyl (C=O) groups excluding carboxylic acids is 1. The largest absolute Gasteiger partial charge is 0.462 e. The third-order valence-corrected chi connectivity index (χ3v) is 9.10. The van der Waals surface area contributed by atoms with Gasteiger partial charge < -0.3 is 19.4 Å². The summed E-state index contributed by atoms with van der Waals surface area (Å²) < 4.78 is 48.0. The molecule has 236 valence electrons. The lowest BCUT2D eigenvalue weighted by atomic mass is 9.99. The number of likely N-dealkylation sites (tertiary alicyclic amines) is 1. The standard InChI is InChI=1S/C33H36F3N7O2/c1-21-6-4-7-23-8-5-9-28(29(21)23)41-13-11-26-27(18-41)38-32(45-19-25-16-33(35,36)20-40(25)3)39-30(26)42-14-15-43(31(44)22(2)34)24(17-42)10-12-37/h4-9,24-25H,2,10-11,13-20H2,1,3H3. The molecule has 0 saturated carbocycles. The van der Waals surface area contributed by atoms with Crippen molar-refractivity contribution < 1.29 is 22.7 Å². The van der Waals surface area contributed by atoms with Gasteiger partial charge in [0.2, 0.25) is 0 Å². The summed E-state index contributed by atoms with van der Waals surface area (Å²) >= 11 is 0. The number of likely N-dealkylation sites (N-methyl/N-ethyl adjacent to an activating group) is 1. The highest BCUT2D eigenvalue weighted by Crippen LogP contribution is 2.36. The van der Waals surface area contributed by atoms with E-state index in [1.165, 1.54) is 15.8 Å². The van der Waals surface area contributed by atoms with Crippen molar-refractivity contribution in [2.75, 3.05) is 56.2 Å². The summed E-state index contributed by atoms with van der Waals surface area (Å²) in [6.45, 7) is 6.92. The van der Waals surface area contributed by atoms with Gasteiger partial charge in [-0.15, -0.1) is 0 Å². The zero-order chi connectivity index (χ0) is 31.9. The van der Waals surface area contributed by atoms with E-state index in [0.29, 0.717) is 31.9 Å². The average molecular weight is 620 g/mol. The molecule has 3 aliphatic heterocycles. The maximum Gasteiger partial charge on any atom is 0.318 e. The molecule has 2 atom stereocenters. The number of piperazine rings is 1. The number of nitriles is 1. The number of aromatic nitrogens is 2. The van der Waals surface area contributed by atoms with Crippen molar-refractivity contribution in [3.63, 3.8) is 0 Å². The Bertz CT molecular complexity index is 1670. The summed E-state index contributed by atoms with van der Waals surface area (Å²) in [7, 11) is 1.65. The number of fused-ring (bicyclic) bond motifs is 2. The van der Waals surface area contributed by atoms with Crippen LogP contribution in [-0.4, -0.2) is 90.1 Å². The molecule has 45 heavy (non-hydrogen) atoms. The van der Waals surface area contributed by atoms with Gasteiger partial charge in [-0.25, -0.2) is 13.2 Å². The number of benzene rings is 2. The molecule has 0 aliphatic carbocycles. The van der Waals surface area contributed by atoms with Gasteiger partial charge in [-0.2, -0.15) is 15.2 Å². The van der Waals surface area contributed by atoms with Crippen LogP contribution in [0.1, 0.15) is 29.7 Å². The molecule has 0 spiro atoms. The molecule has 6 rings (SSSR count). The summed E-state index contributed by atoms with van der Waals surface area (Å²) in [6.07, 6.45) is 0.345. The summed E-state index contributed by atoms with van der Waals surface area (Å²) in [6, 6.07) is 13.6. The van der Waals surface area contributed by atoms with Crippen LogP contribution in [-0.2, 0) is 17.8 Å². The fourth-order valence-electron chi connectivity index (χ4n) is 6.86. The number of hydrogen-bond acceptors (Lipinski definition) is 8. The third kappa shape index (κ3) is 6.14. The number of hydrogen-bond donors (Lipinski definition) is 0. The van der Waals surface area contributed by atoms with Gasteiger partial charge in [0.25, 0.3) is 11.8 Å². The van der Waals surface area contributed by atoms with Crippen molar-refractivity contribution in [2.45, 2.75) is 50.7 Å². The van der Waals surface area contributed by atoms with E-state index >= 15 is 0 Å². The van der Waals surface area contributed by atoms with E-state index in [4.69, 9.17) is 14.7 Å². The van der Waals surface area contributed by atoms with Gasteiger partial charge in [-0.05, 0) is 37.4 Å². The normalized spacial score (nSPS) is 21.5. The highest BCUT2D eigenvalue weighted by Gasteiger charge is 2.43. The molecule has 2 aromatic carbocycles. The number of amides is 1. The SMILES string of the molecule is C=C(F)C(=O)N1CCN(c2nc(OCC3CC(F)(F)CN3C)nc3c2CCN(c2cccc4cccc(C)c24)C3)CC1CC#N.